The Kier molecular flexibility index (Phi) is 7.24. The van der Waals surface area contributed by atoms with Crippen molar-refractivity contribution < 1.29 is 23.8 Å². The summed E-state index contributed by atoms with van der Waals surface area (Å²) < 4.78 is 16.1. The molecule has 0 radical (unpaired) electrons. The number of carbonyl (C=O) groups excluding carboxylic acids is 2. The quantitative estimate of drug-likeness (QED) is 0.403. The molecule has 2 heterocycles. The highest BCUT2D eigenvalue weighted by atomic mass is 32.1. The summed E-state index contributed by atoms with van der Waals surface area (Å²) in [5.41, 5.74) is 4.52. The monoisotopic (exact) mass is 530 g/mol. The Balaban J connectivity index is 1.48. The van der Waals surface area contributed by atoms with Crippen molar-refractivity contribution in [3.05, 3.63) is 93.0 Å². The zero-order valence-electron chi connectivity index (χ0n) is 21.8. The van der Waals surface area contributed by atoms with Gasteiger partial charge >= 0.3 is 0 Å². The summed E-state index contributed by atoms with van der Waals surface area (Å²) in [7, 11) is 4.81. The predicted molar refractivity (Wildman–Crippen MR) is 148 cm³/mol. The lowest BCUT2D eigenvalue weighted by Gasteiger charge is -2.36. The second-order valence-corrected chi connectivity index (χ2v) is 10.3. The van der Waals surface area contributed by atoms with E-state index in [1.807, 2.05) is 42.6 Å². The minimum absolute atomic E-state index is 0.0139. The third-order valence-electron chi connectivity index (χ3n) is 7.13. The van der Waals surface area contributed by atoms with Gasteiger partial charge in [-0.2, -0.15) is 0 Å². The number of benzene rings is 2. The maximum Gasteiger partial charge on any atom is 0.254 e. The number of carbonyl (C=O) groups is 2. The molecule has 0 spiro atoms. The summed E-state index contributed by atoms with van der Waals surface area (Å²) in [6.45, 7) is 1.90. The Morgan fingerprint density at radius 3 is 2.39 bits per heavy atom. The number of ketones is 1. The topological polar surface area (TPSA) is 85.9 Å². The normalized spacial score (nSPS) is 19.0. The number of rotatable bonds is 7. The fraction of sp³-hybridized carbons (Fsp3) is 0.267. The number of methoxy groups -OCH3 is 3. The molecule has 0 saturated carbocycles. The molecule has 1 aromatic heterocycles. The highest BCUT2D eigenvalue weighted by Gasteiger charge is 2.41. The van der Waals surface area contributed by atoms with E-state index in [1.165, 1.54) is 0 Å². The Hall–Kier alpha value is -4.04. The lowest BCUT2D eigenvalue weighted by molar-refractivity contribution is -0.116. The van der Waals surface area contributed by atoms with Gasteiger partial charge in [0.05, 0.1) is 27.2 Å². The average Bonchev–Trinajstić information content (AvgIpc) is 3.47. The standard InChI is InChI=1S/C30H30N2O5S/c1-17-27(30(34)32-20-8-10-21(35-2)11-9-20)29(26-6-5-13-38-26)28-22(31-17)14-19(15-23(28)33)18-7-12-24(36-3)25(16-18)37-4/h5-13,16,19,29,31H,14-15H2,1-4H3,(H,32,34)/t19-,29-/m0/s1. The van der Waals surface area contributed by atoms with Gasteiger partial charge in [-0.05, 0) is 72.7 Å². The van der Waals surface area contributed by atoms with Crippen LogP contribution in [-0.2, 0) is 9.59 Å². The molecule has 2 N–H and O–H groups in total. The molecule has 1 aliphatic heterocycles. The number of dihydropyridines is 1. The third-order valence-corrected chi connectivity index (χ3v) is 8.06. The maximum absolute atomic E-state index is 13.8. The van der Waals surface area contributed by atoms with Crippen molar-refractivity contribution in [3.8, 4) is 17.2 Å². The molecule has 0 saturated heterocycles. The molecular formula is C30H30N2O5S. The molecule has 196 valence electrons. The first-order valence-corrected chi connectivity index (χ1v) is 13.3. The molecule has 1 aliphatic carbocycles. The fourth-order valence-corrected chi connectivity index (χ4v) is 6.14. The van der Waals surface area contributed by atoms with E-state index < -0.39 is 5.92 Å². The Morgan fingerprint density at radius 1 is 0.974 bits per heavy atom. The van der Waals surface area contributed by atoms with Gasteiger partial charge in [-0.15, -0.1) is 11.3 Å². The number of Topliss-reactive ketones (excluding diaryl/α,β-unsaturated/α-hetero) is 1. The summed E-state index contributed by atoms with van der Waals surface area (Å²) in [5.74, 6) is 1.36. The van der Waals surface area contributed by atoms with Crippen LogP contribution < -0.4 is 24.8 Å². The highest BCUT2D eigenvalue weighted by Crippen LogP contribution is 2.47. The second kappa shape index (κ2) is 10.8. The molecule has 1 amide bonds. The van der Waals surface area contributed by atoms with E-state index in [9.17, 15) is 9.59 Å². The second-order valence-electron chi connectivity index (χ2n) is 9.33. The maximum atomic E-state index is 13.8. The average molecular weight is 531 g/mol. The lowest BCUT2D eigenvalue weighted by atomic mass is 9.73. The first-order chi connectivity index (χ1) is 18.4. The zero-order chi connectivity index (χ0) is 26.8. The first kappa shape index (κ1) is 25.6. The number of nitrogens with one attached hydrogen (secondary N) is 2. The molecule has 3 aromatic rings. The zero-order valence-corrected chi connectivity index (χ0v) is 22.6. The van der Waals surface area contributed by atoms with E-state index in [-0.39, 0.29) is 17.6 Å². The van der Waals surface area contributed by atoms with Crippen LogP contribution in [-0.4, -0.2) is 33.0 Å². The molecule has 0 fully saturated rings. The van der Waals surface area contributed by atoms with Gasteiger partial charge in [0, 0.05) is 39.5 Å². The molecule has 8 heteroatoms. The Labute approximate surface area is 226 Å². The van der Waals surface area contributed by atoms with Crippen molar-refractivity contribution in [1.82, 2.24) is 5.32 Å². The van der Waals surface area contributed by atoms with Crippen molar-refractivity contribution in [3.63, 3.8) is 0 Å². The summed E-state index contributed by atoms with van der Waals surface area (Å²) in [6.07, 6.45) is 1.01. The van der Waals surface area contributed by atoms with Crippen LogP contribution in [0.2, 0.25) is 0 Å². The van der Waals surface area contributed by atoms with Gasteiger partial charge in [0.25, 0.3) is 5.91 Å². The van der Waals surface area contributed by atoms with E-state index >= 15 is 0 Å². The Bertz CT molecular complexity index is 1420. The summed E-state index contributed by atoms with van der Waals surface area (Å²) in [6, 6.07) is 16.9. The smallest absolute Gasteiger partial charge is 0.254 e. The Morgan fingerprint density at radius 2 is 1.74 bits per heavy atom. The summed E-state index contributed by atoms with van der Waals surface area (Å²) in [5, 5.41) is 8.42. The molecule has 2 atom stereocenters. The summed E-state index contributed by atoms with van der Waals surface area (Å²) in [4.78, 5) is 28.4. The predicted octanol–water partition coefficient (Wildman–Crippen LogP) is 5.77. The summed E-state index contributed by atoms with van der Waals surface area (Å²) >= 11 is 1.55. The molecule has 7 nitrogen and oxygen atoms in total. The SMILES string of the molecule is COc1ccc(NC(=O)C2=C(C)NC3=C(C(=O)C[C@@H](c4ccc(OC)c(OC)c4)C3)[C@H]2c2cccs2)cc1. The molecule has 2 aromatic carbocycles. The largest absolute Gasteiger partial charge is 0.497 e. The van der Waals surface area contributed by atoms with Gasteiger partial charge < -0.3 is 24.8 Å². The van der Waals surface area contributed by atoms with Crippen molar-refractivity contribution in [2.24, 2.45) is 0 Å². The van der Waals surface area contributed by atoms with Crippen LogP contribution in [0.5, 0.6) is 17.2 Å². The van der Waals surface area contributed by atoms with Gasteiger partial charge in [0.15, 0.2) is 17.3 Å². The van der Waals surface area contributed by atoms with E-state index in [4.69, 9.17) is 14.2 Å². The molecule has 0 bridgehead atoms. The van der Waals surface area contributed by atoms with Crippen LogP contribution in [0.25, 0.3) is 0 Å². The van der Waals surface area contributed by atoms with E-state index in [1.54, 1.807) is 56.9 Å². The molecular weight excluding hydrogens is 500 g/mol. The number of amides is 1. The minimum atomic E-state index is -0.427. The first-order valence-electron chi connectivity index (χ1n) is 12.4. The van der Waals surface area contributed by atoms with Crippen molar-refractivity contribution in [2.45, 2.75) is 31.6 Å². The number of ether oxygens (including phenoxy) is 3. The molecule has 5 rings (SSSR count). The van der Waals surface area contributed by atoms with Crippen LogP contribution in [0.15, 0.2) is 82.5 Å². The lowest BCUT2D eigenvalue weighted by Crippen LogP contribution is -2.36. The molecule has 0 unspecified atom stereocenters. The number of allylic oxidation sites excluding steroid dienone is 3. The van der Waals surface area contributed by atoms with Gasteiger partial charge in [-0.1, -0.05) is 12.1 Å². The number of hydrogen-bond donors (Lipinski definition) is 2. The number of hydrogen-bond acceptors (Lipinski definition) is 7. The van der Waals surface area contributed by atoms with Crippen molar-refractivity contribution in [2.75, 3.05) is 26.6 Å². The number of thiophene rings is 1. The third kappa shape index (κ3) is 4.79. The van der Waals surface area contributed by atoms with E-state index in [0.717, 1.165) is 21.8 Å². The van der Waals surface area contributed by atoms with Gasteiger partial charge in [0.1, 0.15) is 5.75 Å². The van der Waals surface area contributed by atoms with Crippen LogP contribution in [0, 0.1) is 0 Å². The van der Waals surface area contributed by atoms with Gasteiger partial charge in [-0.3, -0.25) is 9.59 Å². The fourth-order valence-electron chi connectivity index (χ4n) is 5.30. The van der Waals surface area contributed by atoms with Crippen molar-refractivity contribution in [1.29, 1.82) is 0 Å². The van der Waals surface area contributed by atoms with Crippen LogP contribution in [0.3, 0.4) is 0 Å². The van der Waals surface area contributed by atoms with Crippen LogP contribution >= 0.6 is 11.3 Å². The minimum Gasteiger partial charge on any atom is -0.497 e. The van der Waals surface area contributed by atoms with E-state index in [2.05, 4.69) is 10.6 Å². The van der Waals surface area contributed by atoms with E-state index in [0.29, 0.717) is 46.9 Å². The highest BCUT2D eigenvalue weighted by molar-refractivity contribution is 7.10. The molecule has 38 heavy (non-hydrogen) atoms. The van der Waals surface area contributed by atoms with Gasteiger partial charge in [-0.25, -0.2) is 0 Å². The number of anilines is 1. The van der Waals surface area contributed by atoms with Crippen molar-refractivity contribution >= 4 is 28.7 Å². The van der Waals surface area contributed by atoms with Crippen LogP contribution in [0.4, 0.5) is 5.69 Å². The van der Waals surface area contributed by atoms with Crippen LogP contribution in [0.1, 0.15) is 42.0 Å². The molecule has 2 aliphatic rings. The van der Waals surface area contributed by atoms with Gasteiger partial charge in [0.2, 0.25) is 0 Å².